The summed E-state index contributed by atoms with van der Waals surface area (Å²) < 4.78 is 0. The Hall–Kier alpha value is -1.71. The van der Waals surface area contributed by atoms with Crippen LogP contribution in [0.15, 0.2) is 18.2 Å². The van der Waals surface area contributed by atoms with Crippen molar-refractivity contribution < 1.29 is 4.79 Å². The Morgan fingerprint density at radius 2 is 1.81 bits per heavy atom. The van der Waals surface area contributed by atoms with Gasteiger partial charge in [-0.05, 0) is 29.9 Å². The highest BCUT2D eigenvalue weighted by Crippen LogP contribution is 2.28. The highest BCUT2D eigenvalue weighted by atomic mass is 16.1. The Kier molecular flexibility index (Phi) is 5.10. The number of benzene rings is 1. The van der Waals surface area contributed by atoms with Crippen molar-refractivity contribution in [2.75, 3.05) is 30.3 Å². The molecule has 0 unspecified atom stereocenters. The molecule has 0 saturated carbocycles. The molecule has 1 heterocycles. The Bertz CT molecular complexity index is 489. The lowest BCUT2D eigenvalue weighted by Gasteiger charge is -2.26. The lowest BCUT2D eigenvalue weighted by molar-refractivity contribution is 0.0938. The molecule has 2 rings (SSSR count). The van der Waals surface area contributed by atoms with Crippen molar-refractivity contribution in [1.82, 2.24) is 5.32 Å². The third kappa shape index (κ3) is 3.69. The van der Waals surface area contributed by atoms with Gasteiger partial charge in [0.15, 0.2) is 0 Å². The Morgan fingerprint density at radius 1 is 1.14 bits per heavy atom. The second-order valence-electron chi connectivity index (χ2n) is 6.44. The van der Waals surface area contributed by atoms with Gasteiger partial charge in [0.2, 0.25) is 0 Å². The number of rotatable bonds is 5. The minimum absolute atomic E-state index is 0.00866. The molecule has 1 aliphatic heterocycles. The molecular formula is C17H27N3O. The summed E-state index contributed by atoms with van der Waals surface area (Å²) in [6.45, 7) is 11.3. The molecule has 116 valence electrons. The number of fused-ring (bicyclic) bond motifs is 1. The van der Waals surface area contributed by atoms with Crippen molar-refractivity contribution in [3.05, 3.63) is 23.8 Å². The first kappa shape index (κ1) is 15.7. The lowest BCUT2D eigenvalue weighted by Crippen LogP contribution is -2.34. The number of hydrogen-bond donors (Lipinski definition) is 3. The summed E-state index contributed by atoms with van der Waals surface area (Å²) in [7, 11) is 0. The van der Waals surface area contributed by atoms with Gasteiger partial charge in [-0.1, -0.05) is 33.8 Å². The van der Waals surface area contributed by atoms with E-state index in [0.29, 0.717) is 17.8 Å². The van der Waals surface area contributed by atoms with Gasteiger partial charge in [0.05, 0.1) is 16.9 Å². The molecule has 0 spiro atoms. The van der Waals surface area contributed by atoms with Gasteiger partial charge in [-0.2, -0.15) is 0 Å². The van der Waals surface area contributed by atoms with E-state index in [1.165, 1.54) is 0 Å². The van der Waals surface area contributed by atoms with Gasteiger partial charge < -0.3 is 16.0 Å². The summed E-state index contributed by atoms with van der Waals surface area (Å²) in [6.07, 6.45) is 0. The third-order valence-corrected chi connectivity index (χ3v) is 4.26. The van der Waals surface area contributed by atoms with E-state index in [4.69, 9.17) is 0 Å². The fourth-order valence-electron chi connectivity index (χ4n) is 3.01. The SMILES string of the molecule is CC(C)C(CNC(=O)c1cccc2c1NCCN2)C(C)C. The number of amides is 1. The van der Waals surface area contributed by atoms with Crippen LogP contribution in [0.2, 0.25) is 0 Å². The van der Waals surface area contributed by atoms with Crippen molar-refractivity contribution in [3.8, 4) is 0 Å². The van der Waals surface area contributed by atoms with Crippen molar-refractivity contribution in [2.45, 2.75) is 27.7 Å². The van der Waals surface area contributed by atoms with Crippen LogP contribution in [0.25, 0.3) is 0 Å². The molecule has 0 bridgehead atoms. The standard InChI is InChI=1S/C17H27N3O/c1-11(2)14(12(3)4)10-20-17(21)13-6-5-7-15-16(13)19-9-8-18-15/h5-7,11-12,14,18-19H,8-10H2,1-4H3,(H,20,21). The molecule has 1 amide bonds. The highest BCUT2D eigenvalue weighted by molar-refractivity contribution is 6.02. The van der Waals surface area contributed by atoms with Crippen molar-refractivity contribution >= 4 is 17.3 Å². The molecule has 0 aliphatic carbocycles. The van der Waals surface area contributed by atoms with E-state index in [9.17, 15) is 4.79 Å². The van der Waals surface area contributed by atoms with Gasteiger partial charge in [0.25, 0.3) is 5.91 Å². The predicted molar refractivity (Wildman–Crippen MR) is 88.9 cm³/mol. The molecule has 0 fully saturated rings. The zero-order chi connectivity index (χ0) is 15.4. The van der Waals surface area contributed by atoms with Crippen molar-refractivity contribution in [1.29, 1.82) is 0 Å². The van der Waals surface area contributed by atoms with Gasteiger partial charge in [-0.25, -0.2) is 0 Å². The van der Waals surface area contributed by atoms with E-state index in [2.05, 4.69) is 43.6 Å². The summed E-state index contributed by atoms with van der Waals surface area (Å²) >= 11 is 0. The van der Waals surface area contributed by atoms with Crippen molar-refractivity contribution in [2.24, 2.45) is 17.8 Å². The first-order valence-corrected chi connectivity index (χ1v) is 7.89. The second kappa shape index (κ2) is 6.83. The molecule has 1 aromatic carbocycles. The van der Waals surface area contributed by atoms with Crippen LogP contribution < -0.4 is 16.0 Å². The Morgan fingerprint density at radius 3 is 2.48 bits per heavy atom. The summed E-state index contributed by atoms with van der Waals surface area (Å²) in [6, 6.07) is 5.81. The Balaban J connectivity index is 2.07. The van der Waals surface area contributed by atoms with Gasteiger partial charge in [-0.3, -0.25) is 4.79 Å². The van der Waals surface area contributed by atoms with Crippen LogP contribution in [-0.2, 0) is 0 Å². The van der Waals surface area contributed by atoms with Gasteiger partial charge in [-0.15, -0.1) is 0 Å². The maximum atomic E-state index is 12.5. The first-order chi connectivity index (χ1) is 10.0. The predicted octanol–water partition coefficient (Wildman–Crippen LogP) is 3.18. The minimum Gasteiger partial charge on any atom is -0.382 e. The molecule has 0 saturated heterocycles. The number of hydrogen-bond acceptors (Lipinski definition) is 3. The van der Waals surface area contributed by atoms with Crippen LogP contribution >= 0.6 is 0 Å². The summed E-state index contributed by atoms with van der Waals surface area (Å²) in [5, 5.41) is 9.74. The first-order valence-electron chi connectivity index (χ1n) is 7.89. The normalized spacial score (nSPS) is 13.9. The molecule has 1 aromatic rings. The van der Waals surface area contributed by atoms with E-state index >= 15 is 0 Å². The van der Waals surface area contributed by atoms with E-state index in [1.807, 2.05) is 18.2 Å². The highest BCUT2D eigenvalue weighted by Gasteiger charge is 2.21. The lowest BCUT2D eigenvalue weighted by atomic mass is 9.85. The van der Waals surface area contributed by atoms with Gasteiger partial charge in [0, 0.05) is 19.6 Å². The number of carbonyl (C=O) groups is 1. The fraction of sp³-hybridized carbons (Fsp3) is 0.588. The Labute approximate surface area is 127 Å². The summed E-state index contributed by atoms with van der Waals surface area (Å²) in [5.74, 6) is 1.64. The molecular weight excluding hydrogens is 262 g/mol. The van der Waals surface area contributed by atoms with Crippen LogP contribution in [0.3, 0.4) is 0 Å². The third-order valence-electron chi connectivity index (χ3n) is 4.26. The number of anilines is 2. The van der Waals surface area contributed by atoms with Gasteiger partial charge >= 0.3 is 0 Å². The second-order valence-corrected chi connectivity index (χ2v) is 6.44. The van der Waals surface area contributed by atoms with E-state index in [0.717, 1.165) is 36.6 Å². The topological polar surface area (TPSA) is 53.2 Å². The van der Waals surface area contributed by atoms with Crippen LogP contribution in [0.5, 0.6) is 0 Å². The number of para-hydroxylation sites is 1. The summed E-state index contributed by atoms with van der Waals surface area (Å²) in [5.41, 5.74) is 2.66. The largest absolute Gasteiger partial charge is 0.382 e. The maximum absolute atomic E-state index is 12.5. The van der Waals surface area contributed by atoms with E-state index in [-0.39, 0.29) is 5.91 Å². The van der Waals surface area contributed by atoms with E-state index in [1.54, 1.807) is 0 Å². The maximum Gasteiger partial charge on any atom is 0.253 e. The smallest absolute Gasteiger partial charge is 0.253 e. The number of nitrogens with one attached hydrogen (secondary N) is 3. The quantitative estimate of drug-likeness (QED) is 0.780. The molecule has 0 radical (unpaired) electrons. The monoisotopic (exact) mass is 289 g/mol. The molecule has 4 nitrogen and oxygen atoms in total. The fourth-order valence-corrected chi connectivity index (χ4v) is 3.01. The summed E-state index contributed by atoms with van der Waals surface area (Å²) in [4.78, 5) is 12.5. The van der Waals surface area contributed by atoms with Crippen LogP contribution in [0.1, 0.15) is 38.1 Å². The van der Waals surface area contributed by atoms with Crippen LogP contribution in [0.4, 0.5) is 11.4 Å². The zero-order valence-corrected chi connectivity index (χ0v) is 13.5. The van der Waals surface area contributed by atoms with Crippen LogP contribution in [0, 0.1) is 17.8 Å². The molecule has 1 aliphatic rings. The van der Waals surface area contributed by atoms with Crippen LogP contribution in [-0.4, -0.2) is 25.5 Å². The van der Waals surface area contributed by atoms with E-state index < -0.39 is 0 Å². The molecule has 0 aromatic heterocycles. The van der Waals surface area contributed by atoms with Crippen molar-refractivity contribution in [3.63, 3.8) is 0 Å². The molecule has 3 N–H and O–H groups in total. The average Bonchev–Trinajstić information content (AvgIpc) is 2.46. The molecule has 4 heteroatoms. The average molecular weight is 289 g/mol. The van der Waals surface area contributed by atoms with Gasteiger partial charge in [0.1, 0.15) is 0 Å². The molecule has 21 heavy (non-hydrogen) atoms. The molecule has 0 atom stereocenters. The number of carbonyl (C=O) groups excluding carboxylic acids is 1. The zero-order valence-electron chi connectivity index (χ0n) is 13.5. The minimum atomic E-state index is 0.00866.